The number of nitrogens with one attached hydrogen (secondary N) is 1. The molecule has 1 aromatic carbocycles. The van der Waals surface area contributed by atoms with Gasteiger partial charge < -0.3 is 5.32 Å². The van der Waals surface area contributed by atoms with E-state index in [0.717, 1.165) is 11.3 Å². The molecule has 0 aromatic heterocycles. The number of benzene rings is 1. The van der Waals surface area contributed by atoms with Crippen LogP contribution in [0, 0.1) is 0 Å². The lowest BCUT2D eigenvalue weighted by molar-refractivity contribution is 0.598. The number of likely N-dealkylation sites (N-methyl/N-ethyl adjacent to an activating group) is 1. The number of rotatable bonds is 4. The molecule has 0 spiro atoms. The highest BCUT2D eigenvalue weighted by atomic mass is 32.2. The quantitative estimate of drug-likeness (QED) is 0.790. The molecule has 15 heavy (non-hydrogen) atoms. The van der Waals surface area contributed by atoms with E-state index in [0.29, 0.717) is 6.42 Å². The fraction of sp³-hybridized carbons (Fsp3) is 0.200. The minimum absolute atomic E-state index is 0.126. The maximum Gasteiger partial charge on any atom is 0.238 e. The predicted octanol–water partition coefficient (Wildman–Crippen LogP) is 0.610. The molecule has 0 saturated carbocycles. The Morgan fingerprint density at radius 3 is 2.33 bits per heavy atom. The zero-order chi connectivity index (χ0) is 11.5. The molecule has 0 fully saturated rings. The smallest absolute Gasteiger partial charge is 0.238 e. The van der Waals surface area contributed by atoms with Gasteiger partial charge in [-0.25, -0.2) is 13.6 Å². The largest absolute Gasteiger partial charge is 0.392 e. The van der Waals surface area contributed by atoms with Gasteiger partial charge in [0.15, 0.2) is 0 Å². The highest BCUT2D eigenvalue weighted by molar-refractivity contribution is 7.89. The van der Waals surface area contributed by atoms with Crippen molar-refractivity contribution in [2.75, 3.05) is 7.05 Å². The fourth-order valence-electron chi connectivity index (χ4n) is 1.13. The van der Waals surface area contributed by atoms with Crippen LogP contribution in [0.2, 0.25) is 0 Å². The maximum atomic E-state index is 11.0. The Labute approximate surface area is 89.9 Å². The molecule has 0 bridgehead atoms. The topological polar surface area (TPSA) is 72.2 Å². The highest BCUT2D eigenvalue weighted by Gasteiger charge is 2.06. The SMILES string of the molecule is C=C(Cc1ccc(S(N)(=O)=O)cc1)NC. The van der Waals surface area contributed by atoms with E-state index in [4.69, 9.17) is 5.14 Å². The van der Waals surface area contributed by atoms with Gasteiger partial charge in [0.1, 0.15) is 0 Å². The molecule has 0 aliphatic carbocycles. The number of nitrogens with two attached hydrogens (primary N) is 1. The zero-order valence-electron chi connectivity index (χ0n) is 8.53. The Balaban J connectivity index is 2.86. The summed E-state index contributed by atoms with van der Waals surface area (Å²) < 4.78 is 21.9. The highest BCUT2D eigenvalue weighted by Crippen LogP contribution is 2.10. The fourth-order valence-corrected chi connectivity index (χ4v) is 1.65. The second-order valence-electron chi connectivity index (χ2n) is 3.22. The van der Waals surface area contributed by atoms with E-state index in [1.54, 1.807) is 19.2 Å². The van der Waals surface area contributed by atoms with Gasteiger partial charge in [-0.05, 0) is 17.7 Å². The molecule has 0 saturated heterocycles. The molecule has 3 N–H and O–H groups in total. The van der Waals surface area contributed by atoms with E-state index in [9.17, 15) is 8.42 Å². The summed E-state index contributed by atoms with van der Waals surface area (Å²) in [5.41, 5.74) is 1.86. The Morgan fingerprint density at radius 1 is 1.40 bits per heavy atom. The second-order valence-corrected chi connectivity index (χ2v) is 4.78. The summed E-state index contributed by atoms with van der Waals surface area (Å²) in [6.45, 7) is 3.79. The number of primary sulfonamides is 1. The van der Waals surface area contributed by atoms with Crippen molar-refractivity contribution in [3.8, 4) is 0 Å². The van der Waals surface area contributed by atoms with E-state index in [-0.39, 0.29) is 4.90 Å². The van der Waals surface area contributed by atoms with E-state index < -0.39 is 10.0 Å². The summed E-state index contributed by atoms with van der Waals surface area (Å²) >= 11 is 0. The van der Waals surface area contributed by atoms with Gasteiger partial charge in [0.05, 0.1) is 4.90 Å². The standard InChI is InChI=1S/C10H14N2O2S/c1-8(12-2)7-9-3-5-10(6-4-9)15(11,13)14/h3-6,12H,1,7H2,2H3,(H2,11,13,14). The average molecular weight is 226 g/mol. The summed E-state index contributed by atoms with van der Waals surface area (Å²) in [5.74, 6) is 0. The van der Waals surface area contributed by atoms with Crippen molar-refractivity contribution in [2.24, 2.45) is 5.14 Å². The van der Waals surface area contributed by atoms with Crippen LogP contribution in [-0.2, 0) is 16.4 Å². The molecular formula is C10H14N2O2S. The molecule has 0 aliphatic heterocycles. The van der Waals surface area contributed by atoms with Crippen molar-refractivity contribution in [3.63, 3.8) is 0 Å². The molecule has 1 rings (SSSR count). The lowest BCUT2D eigenvalue weighted by atomic mass is 10.1. The summed E-state index contributed by atoms with van der Waals surface area (Å²) in [7, 11) is -1.80. The van der Waals surface area contributed by atoms with E-state index in [2.05, 4.69) is 11.9 Å². The maximum absolute atomic E-state index is 11.0. The Kier molecular flexibility index (Phi) is 3.49. The van der Waals surface area contributed by atoms with Crippen LogP contribution in [0.3, 0.4) is 0 Å². The first kappa shape index (κ1) is 11.7. The molecule has 0 unspecified atom stereocenters. The molecule has 0 amide bonds. The van der Waals surface area contributed by atoms with Gasteiger partial charge in [-0.3, -0.25) is 0 Å². The first-order chi connectivity index (χ1) is 6.93. The normalized spacial score (nSPS) is 11.1. The Hall–Kier alpha value is -1.33. The molecule has 0 radical (unpaired) electrons. The van der Waals surface area contributed by atoms with Crippen molar-refractivity contribution < 1.29 is 8.42 Å². The number of allylic oxidation sites excluding steroid dienone is 1. The first-order valence-electron chi connectivity index (χ1n) is 4.41. The van der Waals surface area contributed by atoms with Gasteiger partial charge in [0.25, 0.3) is 0 Å². The average Bonchev–Trinajstić information content (AvgIpc) is 2.17. The van der Waals surface area contributed by atoms with Gasteiger partial charge in [0.2, 0.25) is 10.0 Å². The van der Waals surface area contributed by atoms with Crippen LogP contribution in [0.4, 0.5) is 0 Å². The number of hydrogen-bond acceptors (Lipinski definition) is 3. The number of sulfonamides is 1. The molecule has 82 valence electrons. The van der Waals surface area contributed by atoms with E-state index >= 15 is 0 Å². The summed E-state index contributed by atoms with van der Waals surface area (Å²) in [6.07, 6.45) is 0.668. The first-order valence-corrected chi connectivity index (χ1v) is 5.95. The molecule has 0 heterocycles. The van der Waals surface area contributed by atoms with Crippen molar-refractivity contribution in [3.05, 3.63) is 42.1 Å². The molecule has 4 nitrogen and oxygen atoms in total. The van der Waals surface area contributed by atoms with E-state index in [1.165, 1.54) is 12.1 Å². The third-order valence-corrected chi connectivity index (χ3v) is 2.95. The van der Waals surface area contributed by atoms with Crippen LogP contribution >= 0.6 is 0 Å². The lowest BCUT2D eigenvalue weighted by Gasteiger charge is -2.05. The van der Waals surface area contributed by atoms with Gasteiger partial charge in [-0.15, -0.1) is 0 Å². The van der Waals surface area contributed by atoms with Gasteiger partial charge in [0, 0.05) is 19.2 Å². The van der Waals surface area contributed by atoms with Crippen molar-refractivity contribution in [1.82, 2.24) is 5.32 Å². The molecular weight excluding hydrogens is 212 g/mol. The molecule has 5 heteroatoms. The third kappa shape index (κ3) is 3.38. The minimum atomic E-state index is -3.59. The van der Waals surface area contributed by atoms with Crippen LogP contribution < -0.4 is 10.5 Å². The zero-order valence-corrected chi connectivity index (χ0v) is 9.34. The molecule has 1 aromatic rings. The summed E-state index contributed by atoms with van der Waals surface area (Å²) in [4.78, 5) is 0.126. The van der Waals surface area contributed by atoms with Gasteiger partial charge in [-0.2, -0.15) is 0 Å². The van der Waals surface area contributed by atoms with Gasteiger partial charge >= 0.3 is 0 Å². The molecule has 0 atom stereocenters. The van der Waals surface area contributed by atoms with E-state index in [1.807, 2.05) is 0 Å². The summed E-state index contributed by atoms with van der Waals surface area (Å²) in [6, 6.07) is 6.44. The molecule has 0 aliphatic rings. The minimum Gasteiger partial charge on any atom is -0.392 e. The van der Waals surface area contributed by atoms with Crippen molar-refractivity contribution in [1.29, 1.82) is 0 Å². The monoisotopic (exact) mass is 226 g/mol. The van der Waals surface area contributed by atoms with Crippen LogP contribution in [-0.4, -0.2) is 15.5 Å². The van der Waals surface area contributed by atoms with Crippen molar-refractivity contribution in [2.45, 2.75) is 11.3 Å². The van der Waals surface area contributed by atoms with Crippen LogP contribution in [0.1, 0.15) is 5.56 Å². The van der Waals surface area contributed by atoms with Crippen LogP contribution in [0.15, 0.2) is 41.4 Å². The Morgan fingerprint density at radius 2 is 1.93 bits per heavy atom. The Bertz CT molecular complexity index is 449. The van der Waals surface area contributed by atoms with Crippen molar-refractivity contribution >= 4 is 10.0 Å². The lowest BCUT2D eigenvalue weighted by Crippen LogP contribution is -2.12. The third-order valence-electron chi connectivity index (χ3n) is 2.02. The van der Waals surface area contributed by atoms with Crippen LogP contribution in [0.25, 0.3) is 0 Å². The predicted molar refractivity (Wildman–Crippen MR) is 59.7 cm³/mol. The summed E-state index contributed by atoms with van der Waals surface area (Å²) in [5, 5.41) is 7.90. The second kappa shape index (κ2) is 4.46. The van der Waals surface area contributed by atoms with Crippen LogP contribution in [0.5, 0.6) is 0 Å². The van der Waals surface area contributed by atoms with Gasteiger partial charge in [-0.1, -0.05) is 18.7 Å². The number of hydrogen-bond donors (Lipinski definition) is 2.